The molecule has 0 spiro atoms. The molecule has 4 nitrogen and oxygen atoms in total. The van der Waals surface area contributed by atoms with Gasteiger partial charge < -0.3 is 11.1 Å². The molecule has 3 aromatic rings. The number of benzene rings is 1. The van der Waals surface area contributed by atoms with Crippen LogP contribution in [0.1, 0.15) is 23.4 Å². The molecule has 0 bridgehead atoms. The van der Waals surface area contributed by atoms with Gasteiger partial charge in [0.15, 0.2) is 0 Å². The summed E-state index contributed by atoms with van der Waals surface area (Å²) in [5.41, 5.74) is 4.34. The zero-order valence-electron chi connectivity index (χ0n) is 12.1. The Morgan fingerprint density at radius 1 is 1.26 bits per heavy atom. The first kappa shape index (κ1) is 15.5. The minimum Gasteiger partial charge on any atom is -0.383 e. The predicted octanol–water partition coefficient (Wildman–Crippen LogP) is 4.47. The molecular weight excluding hydrogens is 325 g/mol. The van der Waals surface area contributed by atoms with E-state index in [1.54, 1.807) is 11.3 Å². The van der Waals surface area contributed by atoms with E-state index >= 15 is 0 Å². The van der Waals surface area contributed by atoms with Gasteiger partial charge in [0, 0.05) is 15.8 Å². The number of hydrogen-bond acceptors (Lipinski definition) is 5. The summed E-state index contributed by atoms with van der Waals surface area (Å²) >= 11 is 1.61. The van der Waals surface area contributed by atoms with Gasteiger partial charge in [-0.05, 0) is 24.4 Å². The van der Waals surface area contributed by atoms with Crippen molar-refractivity contribution >= 4 is 33.2 Å². The van der Waals surface area contributed by atoms with Gasteiger partial charge in [-0.2, -0.15) is 18.2 Å². The van der Waals surface area contributed by atoms with Gasteiger partial charge in [0.1, 0.15) is 11.4 Å². The summed E-state index contributed by atoms with van der Waals surface area (Å²) in [4.78, 5) is 8.44. The molecular formula is C15H13F3N4S. The third-order valence-electron chi connectivity index (χ3n) is 3.34. The minimum atomic E-state index is -4.56. The van der Waals surface area contributed by atoms with Crippen molar-refractivity contribution in [3.63, 3.8) is 0 Å². The number of nitrogens with one attached hydrogen (secondary N) is 1. The molecule has 0 fully saturated rings. The molecule has 23 heavy (non-hydrogen) atoms. The van der Waals surface area contributed by atoms with Crippen LogP contribution < -0.4 is 11.1 Å². The molecule has 3 rings (SSSR count). The number of fused-ring (bicyclic) bond motifs is 1. The lowest BCUT2D eigenvalue weighted by atomic mass is 10.2. The molecule has 2 heterocycles. The number of alkyl halides is 3. The average molecular weight is 338 g/mol. The van der Waals surface area contributed by atoms with Gasteiger partial charge in [-0.25, -0.2) is 4.98 Å². The van der Waals surface area contributed by atoms with E-state index in [1.807, 2.05) is 37.3 Å². The second kappa shape index (κ2) is 5.69. The third-order valence-corrected chi connectivity index (χ3v) is 4.64. The molecule has 0 unspecified atom stereocenters. The van der Waals surface area contributed by atoms with Crippen molar-refractivity contribution in [2.45, 2.75) is 19.1 Å². The number of anilines is 2. The number of nitrogens with two attached hydrogens (primary N) is 1. The summed E-state index contributed by atoms with van der Waals surface area (Å²) in [6.07, 6.45) is -3.86. The van der Waals surface area contributed by atoms with E-state index < -0.39 is 17.6 Å². The molecule has 3 N–H and O–H groups in total. The van der Waals surface area contributed by atoms with Crippen molar-refractivity contribution in [1.29, 1.82) is 0 Å². The summed E-state index contributed by atoms with van der Waals surface area (Å²) < 4.78 is 39.1. The second-order valence-corrected chi connectivity index (χ2v) is 6.16. The minimum absolute atomic E-state index is 0.0699. The Hall–Kier alpha value is -2.35. The van der Waals surface area contributed by atoms with Crippen molar-refractivity contribution in [2.75, 3.05) is 11.1 Å². The highest BCUT2D eigenvalue weighted by molar-refractivity contribution is 7.19. The SMILES string of the molecule is C[C@@H](Nc1ncc(C(F)(F)F)c(N)n1)c1cc2ccccc2s1. The second-order valence-electron chi connectivity index (χ2n) is 5.04. The zero-order chi connectivity index (χ0) is 16.6. The van der Waals surface area contributed by atoms with Crippen molar-refractivity contribution in [3.8, 4) is 0 Å². The Labute approximate surface area is 134 Å². The third kappa shape index (κ3) is 3.21. The summed E-state index contributed by atoms with van der Waals surface area (Å²) in [7, 11) is 0. The topological polar surface area (TPSA) is 63.8 Å². The summed E-state index contributed by atoms with van der Waals surface area (Å²) in [5, 5.41) is 4.10. The van der Waals surface area contributed by atoms with E-state index in [0.717, 1.165) is 15.0 Å². The van der Waals surface area contributed by atoms with Gasteiger partial charge in [-0.3, -0.25) is 0 Å². The highest BCUT2D eigenvalue weighted by atomic mass is 32.1. The van der Waals surface area contributed by atoms with Crippen LogP contribution in [0.5, 0.6) is 0 Å². The van der Waals surface area contributed by atoms with Crippen LogP contribution in [0.25, 0.3) is 10.1 Å². The Bertz CT molecular complexity index is 811. The molecule has 0 radical (unpaired) electrons. The molecule has 0 amide bonds. The van der Waals surface area contributed by atoms with Gasteiger partial charge in [0.25, 0.3) is 0 Å². The van der Waals surface area contributed by atoms with Crippen molar-refractivity contribution in [2.24, 2.45) is 0 Å². The number of thiophene rings is 1. The van der Waals surface area contributed by atoms with E-state index in [2.05, 4.69) is 15.3 Å². The van der Waals surface area contributed by atoms with Crippen molar-refractivity contribution in [1.82, 2.24) is 9.97 Å². The lowest BCUT2D eigenvalue weighted by Crippen LogP contribution is -2.14. The van der Waals surface area contributed by atoms with Gasteiger partial charge in [0.05, 0.1) is 6.04 Å². The smallest absolute Gasteiger partial charge is 0.383 e. The van der Waals surface area contributed by atoms with Crippen LogP contribution >= 0.6 is 11.3 Å². The van der Waals surface area contributed by atoms with Gasteiger partial charge in [-0.1, -0.05) is 18.2 Å². The largest absolute Gasteiger partial charge is 0.421 e. The summed E-state index contributed by atoms with van der Waals surface area (Å²) in [6.45, 7) is 1.89. The van der Waals surface area contributed by atoms with Gasteiger partial charge in [0.2, 0.25) is 5.95 Å². The number of halogens is 3. The monoisotopic (exact) mass is 338 g/mol. The van der Waals surface area contributed by atoms with Crippen molar-refractivity contribution < 1.29 is 13.2 Å². The van der Waals surface area contributed by atoms with E-state index in [4.69, 9.17) is 5.73 Å². The molecule has 1 atom stereocenters. The summed E-state index contributed by atoms with van der Waals surface area (Å²) in [6, 6.07) is 9.82. The first-order chi connectivity index (χ1) is 10.8. The molecule has 120 valence electrons. The Morgan fingerprint density at radius 2 is 2.00 bits per heavy atom. The van der Waals surface area contributed by atoms with E-state index in [1.165, 1.54) is 0 Å². The van der Waals surface area contributed by atoms with Crippen molar-refractivity contribution in [3.05, 3.63) is 47.0 Å². The fourth-order valence-electron chi connectivity index (χ4n) is 2.16. The predicted molar refractivity (Wildman–Crippen MR) is 85.3 cm³/mol. The maximum Gasteiger partial charge on any atom is 0.421 e. The highest BCUT2D eigenvalue weighted by Crippen LogP contribution is 2.34. The standard InChI is InChI=1S/C15H13F3N4S/c1-8(12-6-9-4-2-3-5-11(9)23-12)21-14-20-7-10(13(19)22-14)15(16,17)18/h2-8H,1H3,(H3,19,20,21,22)/t8-/m1/s1. The first-order valence-corrected chi connectivity index (χ1v) is 7.61. The number of nitrogen functional groups attached to an aromatic ring is 1. The number of hydrogen-bond donors (Lipinski definition) is 2. The van der Waals surface area contributed by atoms with Crippen LogP contribution in [0.15, 0.2) is 36.5 Å². The number of rotatable bonds is 3. The van der Waals surface area contributed by atoms with Crippen LogP contribution in [-0.2, 0) is 6.18 Å². The summed E-state index contributed by atoms with van der Waals surface area (Å²) in [5.74, 6) is -0.515. The maximum absolute atomic E-state index is 12.6. The Morgan fingerprint density at radius 3 is 2.65 bits per heavy atom. The van der Waals surface area contributed by atoms with Crippen LogP contribution in [-0.4, -0.2) is 9.97 Å². The molecule has 0 saturated carbocycles. The lowest BCUT2D eigenvalue weighted by Gasteiger charge is -2.14. The Kier molecular flexibility index (Phi) is 3.85. The molecule has 0 aliphatic carbocycles. The maximum atomic E-state index is 12.6. The molecule has 2 aromatic heterocycles. The van der Waals surface area contributed by atoms with Crippen LogP contribution in [0, 0.1) is 0 Å². The van der Waals surface area contributed by atoms with Gasteiger partial charge in [-0.15, -0.1) is 11.3 Å². The van der Waals surface area contributed by atoms with E-state index in [0.29, 0.717) is 6.20 Å². The molecule has 0 aliphatic rings. The number of aromatic nitrogens is 2. The van der Waals surface area contributed by atoms with Crippen LogP contribution in [0.2, 0.25) is 0 Å². The quantitative estimate of drug-likeness (QED) is 0.740. The van der Waals surface area contributed by atoms with Crippen LogP contribution in [0.4, 0.5) is 24.9 Å². The average Bonchev–Trinajstić information content (AvgIpc) is 2.90. The fraction of sp³-hybridized carbons (Fsp3) is 0.200. The lowest BCUT2D eigenvalue weighted by molar-refractivity contribution is -0.137. The molecule has 0 saturated heterocycles. The van der Waals surface area contributed by atoms with Crippen LogP contribution in [0.3, 0.4) is 0 Å². The van der Waals surface area contributed by atoms with E-state index in [9.17, 15) is 13.2 Å². The zero-order valence-corrected chi connectivity index (χ0v) is 12.9. The van der Waals surface area contributed by atoms with Gasteiger partial charge >= 0.3 is 6.18 Å². The molecule has 8 heteroatoms. The Balaban J connectivity index is 1.82. The van der Waals surface area contributed by atoms with E-state index in [-0.39, 0.29) is 12.0 Å². The molecule has 0 aliphatic heterocycles. The molecule has 1 aromatic carbocycles. The number of nitrogens with zero attached hydrogens (tertiary/aromatic N) is 2. The fourth-order valence-corrected chi connectivity index (χ4v) is 3.23. The normalized spacial score (nSPS) is 13.2. The first-order valence-electron chi connectivity index (χ1n) is 6.79. The highest BCUT2D eigenvalue weighted by Gasteiger charge is 2.34.